The third-order valence-electron chi connectivity index (χ3n) is 9.51. The maximum absolute atomic E-state index is 2.78. The molecule has 1 atom stereocenters. The van der Waals surface area contributed by atoms with E-state index in [0.717, 1.165) is 12.8 Å². The number of benzene rings is 5. The molecule has 5 aromatic carbocycles. The van der Waals surface area contributed by atoms with Crippen LogP contribution in [0, 0.1) is 13.8 Å². The van der Waals surface area contributed by atoms with Crippen molar-refractivity contribution in [3.05, 3.63) is 171 Å². The first-order valence-electron chi connectivity index (χ1n) is 15.5. The number of rotatable bonds is 6. The molecule has 0 radical (unpaired) electrons. The van der Waals surface area contributed by atoms with Crippen LogP contribution in [0.3, 0.4) is 0 Å². The first-order valence-corrected chi connectivity index (χ1v) is 19.5. The van der Waals surface area contributed by atoms with Crippen molar-refractivity contribution >= 4 is 9.28 Å². The predicted molar refractivity (Wildman–Crippen MR) is 176 cm³/mol. The number of hydrogen-bond acceptors (Lipinski definition) is 0. The summed E-state index contributed by atoms with van der Waals surface area (Å²) in [7, 11) is 0. The second-order valence-corrected chi connectivity index (χ2v) is 18.3. The van der Waals surface area contributed by atoms with Crippen molar-refractivity contribution in [2.75, 3.05) is 0 Å². The van der Waals surface area contributed by atoms with Crippen LogP contribution in [0.4, 0.5) is 0 Å². The van der Waals surface area contributed by atoms with Gasteiger partial charge in [0.25, 0.3) is 0 Å². The molecule has 0 fully saturated rings. The molecule has 0 saturated carbocycles. The Balaban J connectivity index is 0.00000192. The fourth-order valence-electron chi connectivity index (χ4n) is 7.36. The van der Waals surface area contributed by atoms with Crippen LogP contribution in [-0.2, 0) is 34.1 Å². The van der Waals surface area contributed by atoms with Gasteiger partial charge in [0, 0.05) is 0 Å². The number of fused-ring (bicyclic) bond motifs is 4. The summed E-state index contributed by atoms with van der Waals surface area (Å²) in [6.45, 7) is 9.21. The Kier molecular flexibility index (Phi) is 10.1. The van der Waals surface area contributed by atoms with Crippen LogP contribution >= 0.6 is 0 Å². The maximum atomic E-state index is 2.61. The van der Waals surface area contributed by atoms with Gasteiger partial charge in [-0.1, -0.05) is 0 Å². The number of allylic oxidation sites excluding steroid dienone is 1. The Morgan fingerprint density at radius 2 is 1.11 bits per heavy atom. The Morgan fingerprint density at radius 3 is 1.61 bits per heavy atom. The van der Waals surface area contributed by atoms with Crippen LogP contribution in [0.25, 0.3) is 17.2 Å². The fraction of sp³-hybridized carbons (Fsp3) is 0.195. The molecule has 5 aromatic rings. The molecule has 3 heteroatoms. The van der Waals surface area contributed by atoms with Gasteiger partial charge in [-0.2, -0.15) is 0 Å². The smallest absolute Gasteiger partial charge is 1.00 e. The average molecular weight is 693 g/mol. The zero-order valence-electron chi connectivity index (χ0n) is 25.9. The standard InChI is InChI=1S/C17H17.C13H10.C11H11.2ClH.Zr/c1-3-12-5-7-16-14(9-12)11-15-10-13(4-2)6-8-17(15)16;1-3-7-12(8-4-1)11-13-9-5-2-6-10-13;1-8-6-7-9(2)11-5-3-4-10(8)11;;;/h5-11H,3-4H2,1-2H3;1-10H;3-7H,1-2H3;2*1H;/q;;;;;+2/p-2. The van der Waals surface area contributed by atoms with Crippen molar-refractivity contribution in [1.29, 1.82) is 0 Å². The van der Waals surface area contributed by atoms with E-state index >= 15 is 0 Å². The molecule has 0 N–H and O–H groups in total. The fourth-order valence-corrected chi connectivity index (χ4v) is 17.4. The second kappa shape index (κ2) is 13.7. The van der Waals surface area contributed by atoms with E-state index < -0.39 is 21.3 Å². The molecule has 0 bridgehead atoms. The molecule has 2 aliphatic carbocycles. The zero-order chi connectivity index (χ0) is 28.8. The summed E-state index contributed by atoms with van der Waals surface area (Å²) in [4.78, 5) is 0. The van der Waals surface area contributed by atoms with Crippen molar-refractivity contribution in [1.82, 2.24) is 0 Å². The molecule has 0 aromatic heterocycles. The largest absolute Gasteiger partial charge is 1.00 e. The summed E-state index contributed by atoms with van der Waals surface area (Å²) in [5.74, 6) is 0. The normalized spacial score (nSPS) is 14.0. The molecular formula is C41H38Cl2Zr. The monoisotopic (exact) mass is 690 g/mol. The Bertz CT molecular complexity index is 1770. The minimum absolute atomic E-state index is 0. The second-order valence-electron chi connectivity index (χ2n) is 11.9. The molecule has 220 valence electrons. The van der Waals surface area contributed by atoms with Gasteiger partial charge in [-0.3, -0.25) is 0 Å². The Labute approximate surface area is 283 Å². The van der Waals surface area contributed by atoms with E-state index in [1.807, 2.05) is 0 Å². The number of hydrogen-bond donors (Lipinski definition) is 0. The minimum Gasteiger partial charge on any atom is -1.00 e. The molecule has 44 heavy (non-hydrogen) atoms. The SMILES string of the molecule is CCc1ccc2c(c1)[CH]([Zr+2](=[C](c1ccccc1)c1ccccc1)[CH]1C=Cc3c(C)ccc(C)c31)c1cc(CC)ccc1-2.[Cl-].[Cl-]. The maximum Gasteiger partial charge on any atom is -1.00 e. The van der Waals surface area contributed by atoms with Crippen LogP contribution in [0.1, 0.15) is 76.7 Å². The quantitative estimate of drug-likeness (QED) is 0.251. The molecule has 0 heterocycles. The van der Waals surface area contributed by atoms with Crippen molar-refractivity contribution in [3.63, 3.8) is 0 Å². The van der Waals surface area contributed by atoms with Gasteiger partial charge in [-0.15, -0.1) is 0 Å². The van der Waals surface area contributed by atoms with E-state index in [2.05, 4.69) is 149 Å². The zero-order valence-corrected chi connectivity index (χ0v) is 29.8. The molecule has 0 aliphatic heterocycles. The van der Waals surface area contributed by atoms with Crippen LogP contribution in [0.15, 0.2) is 115 Å². The summed E-state index contributed by atoms with van der Waals surface area (Å²) in [6, 6.07) is 42.1. The summed E-state index contributed by atoms with van der Waals surface area (Å²) in [6.07, 6.45) is 7.19. The Hall–Kier alpha value is -2.83. The topological polar surface area (TPSA) is 0 Å². The molecule has 0 saturated heterocycles. The van der Waals surface area contributed by atoms with E-state index in [1.165, 1.54) is 50.1 Å². The first-order chi connectivity index (χ1) is 20.6. The first kappa shape index (κ1) is 32.6. The van der Waals surface area contributed by atoms with Gasteiger partial charge in [0.2, 0.25) is 0 Å². The van der Waals surface area contributed by atoms with E-state index in [-0.39, 0.29) is 24.8 Å². The molecule has 7 rings (SSSR count). The molecule has 0 amide bonds. The van der Waals surface area contributed by atoms with E-state index in [0.29, 0.717) is 7.25 Å². The van der Waals surface area contributed by atoms with Gasteiger partial charge in [0.15, 0.2) is 0 Å². The van der Waals surface area contributed by atoms with Crippen LogP contribution < -0.4 is 24.8 Å². The predicted octanol–water partition coefficient (Wildman–Crippen LogP) is 4.16. The number of halogens is 2. The molecule has 0 spiro atoms. The molecule has 2 aliphatic rings. The molecule has 0 nitrogen and oxygen atoms in total. The number of aryl methyl sites for hydroxylation is 4. The van der Waals surface area contributed by atoms with Gasteiger partial charge in [0.1, 0.15) is 0 Å². The van der Waals surface area contributed by atoms with Gasteiger partial charge < -0.3 is 24.8 Å². The van der Waals surface area contributed by atoms with Crippen molar-refractivity contribution in [2.24, 2.45) is 0 Å². The van der Waals surface area contributed by atoms with Crippen molar-refractivity contribution < 1.29 is 46.1 Å². The van der Waals surface area contributed by atoms with Crippen LogP contribution in [-0.4, -0.2) is 3.21 Å². The van der Waals surface area contributed by atoms with E-state index in [9.17, 15) is 0 Å². The summed E-state index contributed by atoms with van der Waals surface area (Å²) < 4.78 is 2.53. The third-order valence-corrected chi connectivity index (χ3v) is 18.2. The molecule has 1 unspecified atom stereocenters. The average Bonchev–Trinajstić information content (AvgIpc) is 3.62. The Morgan fingerprint density at radius 1 is 0.614 bits per heavy atom. The summed E-state index contributed by atoms with van der Waals surface area (Å²) in [5, 5.41) is 0. The van der Waals surface area contributed by atoms with Gasteiger partial charge >= 0.3 is 260 Å². The molecular weight excluding hydrogens is 655 g/mol. The van der Waals surface area contributed by atoms with Gasteiger partial charge in [0.05, 0.1) is 0 Å². The van der Waals surface area contributed by atoms with Crippen LogP contribution in [0.2, 0.25) is 0 Å². The van der Waals surface area contributed by atoms with Crippen LogP contribution in [0.5, 0.6) is 0 Å². The van der Waals surface area contributed by atoms with Gasteiger partial charge in [-0.05, 0) is 0 Å². The van der Waals surface area contributed by atoms with Crippen molar-refractivity contribution in [3.8, 4) is 11.1 Å². The third kappa shape index (κ3) is 5.58. The summed E-state index contributed by atoms with van der Waals surface area (Å²) in [5.41, 5.74) is 17.6. The van der Waals surface area contributed by atoms with Crippen molar-refractivity contribution in [2.45, 2.75) is 47.8 Å². The minimum atomic E-state index is -2.78. The summed E-state index contributed by atoms with van der Waals surface area (Å²) >= 11 is -2.78. The van der Waals surface area contributed by atoms with E-state index in [1.54, 1.807) is 19.9 Å². The van der Waals surface area contributed by atoms with Gasteiger partial charge in [-0.25, -0.2) is 0 Å². The van der Waals surface area contributed by atoms with E-state index in [4.69, 9.17) is 0 Å².